The van der Waals surface area contributed by atoms with Gasteiger partial charge in [0.25, 0.3) is 0 Å². The predicted molar refractivity (Wildman–Crippen MR) is 91.1 cm³/mol. The summed E-state index contributed by atoms with van der Waals surface area (Å²) in [5.74, 6) is -0.0421. The molecule has 0 radical (unpaired) electrons. The lowest BCUT2D eigenvalue weighted by molar-refractivity contribution is -0.115. The van der Waals surface area contributed by atoms with Crippen LogP contribution in [-0.4, -0.2) is 10.9 Å². The molecule has 0 spiro atoms. The molecule has 22 heavy (non-hydrogen) atoms. The number of aryl methyl sites for hydroxylation is 1. The number of hydrogen-bond donors (Lipinski definition) is 1. The molecule has 0 unspecified atom stereocenters. The molecular formula is C18H16N2OS. The number of thiazole rings is 1. The van der Waals surface area contributed by atoms with Gasteiger partial charge in [0.1, 0.15) is 5.01 Å². The first-order chi connectivity index (χ1) is 10.7. The van der Waals surface area contributed by atoms with Crippen molar-refractivity contribution in [2.24, 2.45) is 0 Å². The van der Waals surface area contributed by atoms with Gasteiger partial charge in [0, 0.05) is 16.6 Å². The largest absolute Gasteiger partial charge is 0.326 e. The Morgan fingerprint density at radius 3 is 2.73 bits per heavy atom. The Bertz CT molecular complexity index is 781. The van der Waals surface area contributed by atoms with Crippen LogP contribution in [0.15, 0.2) is 60.0 Å². The van der Waals surface area contributed by atoms with Crippen molar-refractivity contribution < 1.29 is 4.79 Å². The Hall–Kier alpha value is -2.46. The van der Waals surface area contributed by atoms with Gasteiger partial charge in [-0.25, -0.2) is 4.98 Å². The number of aromatic nitrogens is 1. The van der Waals surface area contributed by atoms with Crippen molar-refractivity contribution >= 4 is 22.9 Å². The van der Waals surface area contributed by atoms with E-state index in [4.69, 9.17) is 0 Å². The summed E-state index contributed by atoms with van der Waals surface area (Å²) >= 11 is 1.51. The van der Waals surface area contributed by atoms with E-state index < -0.39 is 0 Å². The van der Waals surface area contributed by atoms with Gasteiger partial charge in [0.15, 0.2) is 0 Å². The zero-order chi connectivity index (χ0) is 15.4. The Morgan fingerprint density at radius 1 is 1.14 bits per heavy atom. The highest BCUT2D eigenvalue weighted by Gasteiger charge is 2.09. The summed E-state index contributed by atoms with van der Waals surface area (Å²) in [6.45, 7) is 2.00. The van der Waals surface area contributed by atoms with E-state index in [1.165, 1.54) is 11.3 Å². The zero-order valence-electron chi connectivity index (χ0n) is 12.2. The fourth-order valence-electron chi connectivity index (χ4n) is 2.20. The average Bonchev–Trinajstić information content (AvgIpc) is 2.96. The number of benzene rings is 2. The van der Waals surface area contributed by atoms with Gasteiger partial charge in [0.05, 0.1) is 12.1 Å². The van der Waals surface area contributed by atoms with Gasteiger partial charge in [-0.3, -0.25) is 4.79 Å². The van der Waals surface area contributed by atoms with E-state index in [0.29, 0.717) is 6.42 Å². The van der Waals surface area contributed by atoms with E-state index in [9.17, 15) is 4.79 Å². The van der Waals surface area contributed by atoms with Crippen molar-refractivity contribution in [1.29, 1.82) is 0 Å². The van der Waals surface area contributed by atoms with Gasteiger partial charge in [-0.2, -0.15) is 0 Å². The van der Waals surface area contributed by atoms with Gasteiger partial charge in [-0.05, 0) is 24.6 Å². The van der Waals surface area contributed by atoms with Gasteiger partial charge >= 0.3 is 0 Å². The molecule has 0 atom stereocenters. The van der Waals surface area contributed by atoms with Crippen LogP contribution in [0, 0.1) is 6.92 Å². The topological polar surface area (TPSA) is 42.0 Å². The van der Waals surface area contributed by atoms with Gasteiger partial charge in [0.2, 0.25) is 5.91 Å². The third-order valence-corrected chi connectivity index (χ3v) is 4.08. The Morgan fingerprint density at radius 2 is 1.95 bits per heavy atom. The highest BCUT2D eigenvalue weighted by Crippen LogP contribution is 2.22. The van der Waals surface area contributed by atoms with E-state index in [0.717, 1.165) is 27.5 Å². The third-order valence-electron chi connectivity index (χ3n) is 3.23. The number of rotatable bonds is 4. The van der Waals surface area contributed by atoms with Crippen molar-refractivity contribution in [1.82, 2.24) is 4.98 Å². The summed E-state index contributed by atoms with van der Waals surface area (Å²) in [5.41, 5.74) is 3.94. The zero-order valence-corrected chi connectivity index (χ0v) is 13.1. The molecule has 0 saturated carbocycles. The third kappa shape index (κ3) is 3.59. The van der Waals surface area contributed by atoms with Crippen LogP contribution in [0.4, 0.5) is 5.69 Å². The number of nitrogens with zero attached hydrogens (tertiary/aromatic N) is 1. The van der Waals surface area contributed by atoms with Gasteiger partial charge < -0.3 is 5.32 Å². The number of anilines is 1. The molecule has 1 N–H and O–H groups in total. The highest BCUT2D eigenvalue weighted by molar-refractivity contribution is 7.10. The number of carbonyl (C=O) groups excluding carboxylic acids is 1. The van der Waals surface area contributed by atoms with E-state index in [1.807, 2.05) is 66.9 Å². The monoisotopic (exact) mass is 308 g/mol. The van der Waals surface area contributed by atoms with Crippen LogP contribution in [0.2, 0.25) is 0 Å². The second kappa shape index (κ2) is 6.54. The molecule has 1 aromatic heterocycles. The lowest BCUT2D eigenvalue weighted by atomic mass is 10.2. The SMILES string of the molecule is Cc1cccc(NC(=O)Cc2nc(-c3ccccc3)cs2)c1. The molecule has 1 heterocycles. The molecule has 110 valence electrons. The maximum absolute atomic E-state index is 12.1. The molecule has 0 fully saturated rings. The van der Waals surface area contributed by atoms with Crippen molar-refractivity contribution in [2.75, 3.05) is 5.32 Å². The molecule has 0 bridgehead atoms. The average molecular weight is 308 g/mol. The van der Waals surface area contributed by atoms with E-state index in [1.54, 1.807) is 0 Å². The molecule has 2 aromatic carbocycles. The van der Waals surface area contributed by atoms with Gasteiger partial charge in [-0.1, -0.05) is 42.5 Å². The molecule has 1 amide bonds. The van der Waals surface area contributed by atoms with E-state index in [2.05, 4.69) is 10.3 Å². The number of amides is 1. The molecule has 3 rings (SSSR count). The number of nitrogens with one attached hydrogen (secondary N) is 1. The summed E-state index contributed by atoms with van der Waals surface area (Å²) in [4.78, 5) is 16.6. The molecule has 3 aromatic rings. The minimum atomic E-state index is -0.0421. The quantitative estimate of drug-likeness (QED) is 0.781. The fourth-order valence-corrected chi connectivity index (χ4v) is 3.00. The number of hydrogen-bond acceptors (Lipinski definition) is 3. The molecule has 4 heteroatoms. The van der Waals surface area contributed by atoms with Crippen LogP contribution < -0.4 is 5.32 Å². The summed E-state index contributed by atoms with van der Waals surface area (Å²) < 4.78 is 0. The number of carbonyl (C=O) groups is 1. The van der Waals surface area contributed by atoms with Crippen LogP contribution in [0.25, 0.3) is 11.3 Å². The molecule has 0 aliphatic carbocycles. The van der Waals surface area contributed by atoms with E-state index >= 15 is 0 Å². The van der Waals surface area contributed by atoms with E-state index in [-0.39, 0.29) is 5.91 Å². The second-order valence-electron chi connectivity index (χ2n) is 5.09. The first kappa shape index (κ1) is 14.5. The standard InChI is InChI=1S/C18H16N2OS/c1-13-6-5-9-15(10-13)19-17(21)11-18-20-16(12-22-18)14-7-3-2-4-8-14/h2-10,12H,11H2,1H3,(H,19,21). The lowest BCUT2D eigenvalue weighted by Crippen LogP contribution is -2.14. The maximum atomic E-state index is 12.1. The van der Waals surface area contributed by atoms with Crippen LogP contribution in [0.5, 0.6) is 0 Å². The van der Waals surface area contributed by atoms with Crippen LogP contribution in [0.1, 0.15) is 10.6 Å². The summed E-state index contributed by atoms with van der Waals surface area (Å²) in [5, 5.41) is 5.72. The van der Waals surface area contributed by atoms with Crippen LogP contribution in [-0.2, 0) is 11.2 Å². The predicted octanol–water partition coefficient (Wildman–Crippen LogP) is 4.30. The summed E-state index contributed by atoms with van der Waals surface area (Å²) in [7, 11) is 0. The molecule has 0 saturated heterocycles. The first-order valence-corrected chi connectivity index (χ1v) is 7.95. The van der Waals surface area contributed by atoms with Crippen LogP contribution >= 0.6 is 11.3 Å². The highest BCUT2D eigenvalue weighted by atomic mass is 32.1. The Balaban J connectivity index is 1.66. The Kier molecular flexibility index (Phi) is 4.30. The molecule has 0 aliphatic rings. The first-order valence-electron chi connectivity index (χ1n) is 7.07. The molecule has 3 nitrogen and oxygen atoms in total. The van der Waals surface area contributed by atoms with Crippen molar-refractivity contribution in [3.8, 4) is 11.3 Å². The lowest BCUT2D eigenvalue weighted by Gasteiger charge is -2.04. The maximum Gasteiger partial charge on any atom is 0.231 e. The normalized spacial score (nSPS) is 10.4. The molecular weight excluding hydrogens is 292 g/mol. The second-order valence-corrected chi connectivity index (χ2v) is 6.03. The van der Waals surface area contributed by atoms with Crippen molar-refractivity contribution in [3.63, 3.8) is 0 Å². The Labute approximate surface area is 133 Å². The summed E-state index contributed by atoms with van der Waals surface area (Å²) in [6.07, 6.45) is 0.297. The van der Waals surface area contributed by atoms with Crippen LogP contribution in [0.3, 0.4) is 0 Å². The van der Waals surface area contributed by atoms with Crippen molar-refractivity contribution in [3.05, 3.63) is 70.5 Å². The summed E-state index contributed by atoms with van der Waals surface area (Å²) in [6, 6.07) is 17.8. The smallest absolute Gasteiger partial charge is 0.231 e. The van der Waals surface area contributed by atoms with Gasteiger partial charge in [-0.15, -0.1) is 11.3 Å². The minimum Gasteiger partial charge on any atom is -0.326 e. The minimum absolute atomic E-state index is 0.0421. The van der Waals surface area contributed by atoms with Crippen molar-refractivity contribution in [2.45, 2.75) is 13.3 Å². The molecule has 0 aliphatic heterocycles. The fraction of sp³-hybridized carbons (Fsp3) is 0.111.